The first-order chi connectivity index (χ1) is 10.6. The van der Waals surface area contributed by atoms with Gasteiger partial charge in [0.25, 0.3) is 5.91 Å². The van der Waals surface area contributed by atoms with Gasteiger partial charge in [-0.2, -0.15) is 0 Å². The molecule has 2 aromatic heterocycles. The Labute approximate surface area is 132 Å². The molecule has 1 N–H and O–H groups in total. The lowest BCUT2D eigenvalue weighted by Gasteiger charge is -2.25. The molecule has 0 saturated carbocycles. The maximum atomic E-state index is 12.8. The molecule has 112 valence electrons. The number of fused-ring (bicyclic) bond motifs is 2. The first kappa shape index (κ1) is 13.5. The average molecular weight is 311 g/mol. The monoisotopic (exact) mass is 311 g/mol. The summed E-state index contributed by atoms with van der Waals surface area (Å²) in [5.74, 6) is 0.0762. The first-order valence-corrected chi connectivity index (χ1v) is 8.26. The van der Waals surface area contributed by atoms with Crippen molar-refractivity contribution in [2.75, 3.05) is 6.54 Å². The van der Waals surface area contributed by atoms with E-state index >= 15 is 0 Å². The number of benzene rings is 1. The van der Waals surface area contributed by atoms with E-state index < -0.39 is 0 Å². The second kappa shape index (κ2) is 4.95. The molecule has 1 aliphatic rings. The molecule has 0 unspecified atom stereocenters. The highest BCUT2D eigenvalue weighted by Crippen LogP contribution is 2.26. The van der Waals surface area contributed by atoms with Crippen LogP contribution in [-0.2, 0) is 13.0 Å². The summed E-state index contributed by atoms with van der Waals surface area (Å²) in [6.07, 6.45) is 0.852. The number of rotatable bonds is 1. The fourth-order valence-electron chi connectivity index (χ4n) is 3.09. The molecule has 1 amide bonds. The quantitative estimate of drug-likeness (QED) is 0.748. The smallest absolute Gasteiger partial charge is 0.270 e. The molecule has 22 heavy (non-hydrogen) atoms. The van der Waals surface area contributed by atoms with Crippen molar-refractivity contribution in [3.05, 3.63) is 51.1 Å². The van der Waals surface area contributed by atoms with Crippen LogP contribution in [0.15, 0.2) is 24.3 Å². The number of carbonyl (C=O) groups is 1. The minimum Gasteiger partial charge on any atom is -0.351 e. The van der Waals surface area contributed by atoms with Gasteiger partial charge in [0, 0.05) is 28.7 Å². The topological polar surface area (TPSA) is 49.0 Å². The number of nitrogens with zero attached hydrogens (tertiary/aromatic N) is 2. The fraction of sp³-hybridized carbons (Fsp3) is 0.294. The zero-order valence-electron chi connectivity index (χ0n) is 12.6. The summed E-state index contributed by atoms with van der Waals surface area (Å²) in [5, 5.41) is 2.21. The number of aryl methyl sites for hydroxylation is 2. The van der Waals surface area contributed by atoms with E-state index in [0.29, 0.717) is 12.2 Å². The standard InChI is InChI=1S/C17H17N3OS/c1-10-4-3-5-13-12(10)8-15(19-13)17(21)20-7-6-14-16(9-20)22-11(2)18-14/h3-5,8,19H,6-7,9H2,1-2H3. The van der Waals surface area contributed by atoms with Crippen LogP contribution >= 0.6 is 11.3 Å². The van der Waals surface area contributed by atoms with E-state index in [1.165, 1.54) is 16.1 Å². The normalized spacial score (nSPS) is 14.4. The number of hydrogen-bond acceptors (Lipinski definition) is 3. The Morgan fingerprint density at radius 3 is 3.05 bits per heavy atom. The summed E-state index contributed by atoms with van der Waals surface area (Å²) in [6.45, 7) is 5.50. The Kier molecular flexibility index (Phi) is 3.04. The summed E-state index contributed by atoms with van der Waals surface area (Å²) in [4.78, 5) is 23.7. The number of aromatic amines is 1. The summed E-state index contributed by atoms with van der Waals surface area (Å²) in [6, 6.07) is 8.06. The molecule has 0 radical (unpaired) electrons. The van der Waals surface area contributed by atoms with Gasteiger partial charge < -0.3 is 9.88 Å². The van der Waals surface area contributed by atoms with Gasteiger partial charge in [0.2, 0.25) is 0 Å². The van der Waals surface area contributed by atoms with Gasteiger partial charge in [-0.1, -0.05) is 12.1 Å². The molecule has 0 fully saturated rings. The third kappa shape index (κ3) is 2.13. The van der Waals surface area contributed by atoms with Crippen LogP contribution < -0.4 is 0 Å². The van der Waals surface area contributed by atoms with Crippen LogP contribution in [0.4, 0.5) is 0 Å². The number of nitrogens with one attached hydrogen (secondary N) is 1. The lowest BCUT2D eigenvalue weighted by atomic mass is 10.1. The third-order valence-corrected chi connectivity index (χ3v) is 5.24. The molecular formula is C17H17N3OS. The van der Waals surface area contributed by atoms with E-state index in [0.717, 1.165) is 28.9 Å². The number of hydrogen-bond donors (Lipinski definition) is 1. The van der Waals surface area contributed by atoms with E-state index in [-0.39, 0.29) is 5.91 Å². The van der Waals surface area contributed by atoms with Crippen LogP contribution in [0.25, 0.3) is 10.9 Å². The Balaban J connectivity index is 1.65. The van der Waals surface area contributed by atoms with E-state index in [1.807, 2.05) is 30.0 Å². The van der Waals surface area contributed by atoms with Crippen molar-refractivity contribution in [3.8, 4) is 0 Å². The average Bonchev–Trinajstić information content (AvgIpc) is 3.08. The van der Waals surface area contributed by atoms with Crippen molar-refractivity contribution in [1.82, 2.24) is 14.9 Å². The highest BCUT2D eigenvalue weighted by molar-refractivity contribution is 7.11. The summed E-state index contributed by atoms with van der Waals surface area (Å²) in [5.41, 5.74) is 4.05. The summed E-state index contributed by atoms with van der Waals surface area (Å²) < 4.78 is 0. The number of thiazole rings is 1. The van der Waals surface area contributed by atoms with Gasteiger partial charge in [0.05, 0.1) is 17.2 Å². The lowest BCUT2D eigenvalue weighted by molar-refractivity contribution is 0.0731. The minimum absolute atomic E-state index is 0.0762. The van der Waals surface area contributed by atoms with Crippen molar-refractivity contribution in [1.29, 1.82) is 0 Å². The molecule has 4 nitrogen and oxygen atoms in total. The number of carbonyl (C=O) groups excluding carboxylic acids is 1. The van der Waals surface area contributed by atoms with Crippen LogP contribution in [0.5, 0.6) is 0 Å². The Morgan fingerprint density at radius 1 is 1.36 bits per heavy atom. The van der Waals surface area contributed by atoms with Gasteiger partial charge in [-0.3, -0.25) is 4.79 Å². The van der Waals surface area contributed by atoms with Crippen LogP contribution in [-0.4, -0.2) is 27.3 Å². The van der Waals surface area contributed by atoms with Crippen molar-refractivity contribution in [2.45, 2.75) is 26.8 Å². The number of aromatic nitrogens is 2. The predicted octanol–water partition coefficient (Wildman–Crippen LogP) is 3.44. The summed E-state index contributed by atoms with van der Waals surface area (Å²) >= 11 is 1.70. The Bertz CT molecular complexity index is 877. The maximum Gasteiger partial charge on any atom is 0.270 e. The second-order valence-electron chi connectivity index (χ2n) is 5.80. The molecule has 0 saturated heterocycles. The van der Waals surface area contributed by atoms with Crippen molar-refractivity contribution < 1.29 is 4.79 Å². The van der Waals surface area contributed by atoms with E-state index in [9.17, 15) is 4.79 Å². The largest absolute Gasteiger partial charge is 0.351 e. The highest BCUT2D eigenvalue weighted by Gasteiger charge is 2.25. The zero-order valence-corrected chi connectivity index (χ0v) is 13.5. The Hall–Kier alpha value is -2.14. The maximum absolute atomic E-state index is 12.8. The van der Waals surface area contributed by atoms with E-state index in [4.69, 9.17) is 0 Å². The number of H-pyrrole nitrogens is 1. The molecule has 0 aliphatic carbocycles. The molecular weight excluding hydrogens is 294 g/mol. The van der Waals surface area contributed by atoms with Gasteiger partial charge in [0.1, 0.15) is 5.69 Å². The van der Waals surface area contributed by atoms with Crippen LogP contribution in [0.2, 0.25) is 0 Å². The van der Waals surface area contributed by atoms with Gasteiger partial charge in [-0.25, -0.2) is 4.98 Å². The molecule has 1 aromatic carbocycles. The molecule has 4 rings (SSSR count). The van der Waals surface area contributed by atoms with Gasteiger partial charge in [0.15, 0.2) is 0 Å². The molecule has 0 atom stereocenters. The van der Waals surface area contributed by atoms with Crippen LogP contribution in [0, 0.1) is 13.8 Å². The lowest BCUT2D eigenvalue weighted by Crippen LogP contribution is -2.35. The predicted molar refractivity (Wildman–Crippen MR) is 88.3 cm³/mol. The van der Waals surface area contributed by atoms with Gasteiger partial charge in [-0.15, -0.1) is 11.3 Å². The Morgan fingerprint density at radius 2 is 2.23 bits per heavy atom. The molecule has 3 aromatic rings. The second-order valence-corrected chi connectivity index (χ2v) is 7.09. The van der Waals surface area contributed by atoms with Crippen molar-refractivity contribution >= 4 is 28.1 Å². The fourth-order valence-corrected chi connectivity index (χ4v) is 4.09. The molecule has 0 spiro atoms. The van der Waals surface area contributed by atoms with Gasteiger partial charge in [-0.05, 0) is 31.5 Å². The minimum atomic E-state index is 0.0762. The van der Waals surface area contributed by atoms with Gasteiger partial charge >= 0.3 is 0 Å². The zero-order chi connectivity index (χ0) is 15.3. The molecule has 5 heteroatoms. The van der Waals surface area contributed by atoms with Crippen LogP contribution in [0.1, 0.15) is 31.6 Å². The SMILES string of the molecule is Cc1nc2c(s1)CN(C(=O)c1cc3c(C)cccc3[nH]1)CC2. The van der Waals surface area contributed by atoms with E-state index in [2.05, 4.69) is 23.0 Å². The van der Waals surface area contributed by atoms with Crippen molar-refractivity contribution in [3.63, 3.8) is 0 Å². The van der Waals surface area contributed by atoms with E-state index in [1.54, 1.807) is 11.3 Å². The molecule has 0 bridgehead atoms. The molecule has 3 heterocycles. The van der Waals surface area contributed by atoms with Crippen LogP contribution in [0.3, 0.4) is 0 Å². The third-order valence-electron chi connectivity index (χ3n) is 4.24. The highest BCUT2D eigenvalue weighted by atomic mass is 32.1. The summed E-state index contributed by atoms with van der Waals surface area (Å²) in [7, 11) is 0. The molecule has 1 aliphatic heterocycles. The van der Waals surface area contributed by atoms with Crippen molar-refractivity contribution in [2.24, 2.45) is 0 Å². The number of amides is 1. The first-order valence-electron chi connectivity index (χ1n) is 7.44.